The van der Waals surface area contributed by atoms with Gasteiger partial charge in [0.25, 0.3) is 0 Å². The molecule has 0 radical (unpaired) electrons. The van der Waals surface area contributed by atoms with Gasteiger partial charge in [-0.05, 0) is 54.7 Å². The first kappa shape index (κ1) is 17.5. The van der Waals surface area contributed by atoms with E-state index in [0.717, 1.165) is 18.7 Å². The van der Waals surface area contributed by atoms with Gasteiger partial charge in [-0.2, -0.15) is 0 Å². The predicted octanol–water partition coefficient (Wildman–Crippen LogP) is 6.80. The van der Waals surface area contributed by atoms with Crippen molar-refractivity contribution >= 4 is 5.70 Å². The fraction of sp³-hybridized carbons (Fsp3) is 0.346. The molecule has 2 unspecified atom stereocenters. The number of hydrogen-bond acceptors (Lipinski definition) is 1. The number of allylic oxidation sites excluding steroid dienone is 8. The average Bonchev–Trinajstić information content (AvgIpc) is 3.37. The fourth-order valence-electron chi connectivity index (χ4n) is 5.47. The molecule has 0 bridgehead atoms. The summed E-state index contributed by atoms with van der Waals surface area (Å²) in [6, 6.07) is 10.6. The first-order valence-electron chi connectivity index (χ1n) is 10.7. The molecule has 0 spiro atoms. The Kier molecular flexibility index (Phi) is 4.43. The zero-order valence-corrected chi connectivity index (χ0v) is 16.9. The molecular formula is C26H28N2. The van der Waals surface area contributed by atoms with Crippen LogP contribution in [0.4, 0.5) is 0 Å². The van der Waals surface area contributed by atoms with E-state index in [9.17, 15) is 0 Å². The van der Waals surface area contributed by atoms with E-state index < -0.39 is 0 Å². The molecule has 0 saturated carbocycles. The van der Waals surface area contributed by atoms with Gasteiger partial charge in [-0.3, -0.25) is 4.57 Å². The summed E-state index contributed by atoms with van der Waals surface area (Å²) in [7, 11) is 0. The molecule has 0 saturated heterocycles. The van der Waals surface area contributed by atoms with Crippen molar-refractivity contribution in [2.75, 3.05) is 0 Å². The lowest BCUT2D eigenvalue weighted by Gasteiger charge is -2.33. The zero-order chi connectivity index (χ0) is 19.1. The lowest BCUT2D eigenvalue weighted by Crippen LogP contribution is -2.21. The first-order valence-corrected chi connectivity index (χ1v) is 10.7. The smallest absolute Gasteiger partial charge is 0.144 e. The molecule has 3 aliphatic rings. The van der Waals surface area contributed by atoms with Crippen LogP contribution in [-0.2, 0) is 0 Å². The van der Waals surface area contributed by atoms with Crippen LogP contribution in [0.1, 0.15) is 46.0 Å². The second kappa shape index (κ2) is 7.09. The highest BCUT2D eigenvalue weighted by Crippen LogP contribution is 2.52. The van der Waals surface area contributed by atoms with Crippen LogP contribution in [0, 0.1) is 11.8 Å². The number of benzene rings is 1. The van der Waals surface area contributed by atoms with Gasteiger partial charge in [-0.1, -0.05) is 68.0 Å². The van der Waals surface area contributed by atoms with Crippen LogP contribution in [0.3, 0.4) is 0 Å². The molecule has 2 atom stereocenters. The summed E-state index contributed by atoms with van der Waals surface area (Å²) in [5, 5.41) is 0. The van der Waals surface area contributed by atoms with Gasteiger partial charge in [0.15, 0.2) is 0 Å². The van der Waals surface area contributed by atoms with Gasteiger partial charge in [0, 0.05) is 29.6 Å². The van der Waals surface area contributed by atoms with E-state index in [1.807, 2.05) is 6.20 Å². The van der Waals surface area contributed by atoms with Gasteiger partial charge in [0.05, 0.1) is 0 Å². The maximum Gasteiger partial charge on any atom is 0.144 e. The molecule has 2 heteroatoms. The van der Waals surface area contributed by atoms with Crippen LogP contribution in [0.15, 0.2) is 83.2 Å². The van der Waals surface area contributed by atoms with Crippen molar-refractivity contribution < 1.29 is 0 Å². The summed E-state index contributed by atoms with van der Waals surface area (Å²) < 4.78 is 2.35. The maximum atomic E-state index is 4.74. The first-order chi connectivity index (χ1) is 13.8. The molecule has 1 aromatic carbocycles. The fourth-order valence-corrected chi connectivity index (χ4v) is 5.47. The van der Waals surface area contributed by atoms with Crippen molar-refractivity contribution in [2.24, 2.45) is 11.8 Å². The standard InChI is InChI=1S/C26H28N2/c1-3-18-16-21-17-20-12-8-9-13-23(20)24(21)22(4-2)25(18)28-15-14-27-26(28)19-10-6-5-7-11-19/h5-7,9-11,13-16,21,24H,3-4,8,12,17H2,1-2H3. The summed E-state index contributed by atoms with van der Waals surface area (Å²) in [6.07, 6.45) is 17.3. The molecule has 142 valence electrons. The largest absolute Gasteiger partial charge is 0.300 e. The van der Waals surface area contributed by atoms with E-state index in [0.29, 0.717) is 11.8 Å². The molecule has 3 aliphatic carbocycles. The monoisotopic (exact) mass is 368 g/mol. The molecule has 1 heterocycles. The minimum atomic E-state index is 0.549. The van der Waals surface area contributed by atoms with Crippen LogP contribution in [0.2, 0.25) is 0 Å². The molecule has 1 aromatic heterocycles. The number of rotatable bonds is 4. The minimum absolute atomic E-state index is 0.549. The van der Waals surface area contributed by atoms with Crippen molar-refractivity contribution in [1.82, 2.24) is 9.55 Å². The Balaban J connectivity index is 1.69. The Labute approximate surface area is 168 Å². The predicted molar refractivity (Wildman–Crippen MR) is 117 cm³/mol. The highest BCUT2D eigenvalue weighted by atomic mass is 15.1. The van der Waals surface area contributed by atoms with Gasteiger partial charge < -0.3 is 0 Å². The zero-order valence-electron chi connectivity index (χ0n) is 16.9. The molecule has 0 aliphatic heterocycles. The quantitative estimate of drug-likeness (QED) is 0.580. The summed E-state index contributed by atoms with van der Waals surface area (Å²) >= 11 is 0. The normalized spacial score (nSPS) is 23.7. The minimum Gasteiger partial charge on any atom is -0.300 e. The van der Waals surface area contributed by atoms with E-state index in [2.05, 4.69) is 73.2 Å². The summed E-state index contributed by atoms with van der Waals surface area (Å²) in [4.78, 5) is 4.74. The molecule has 0 fully saturated rings. The number of aromatic nitrogens is 2. The Morgan fingerprint density at radius 2 is 1.96 bits per heavy atom. The van der Waals surface area contributed by atoms with Crippen molar-refractivity contribution in [1.29, 1.82) is 0 Å². The Morgan fingerprint density at radius 3 is 2.75 bits per heavy atom. The van der Waals surface area contributed by atoms with Crippen LogP contribution in [0.25, 0.3) is 17.1 Å². The third kappa shape index (κ3) is 2.66. The second-order valence-corrected chi connectivity index (χ2v) is 8.11. The number of fused-ring (bicyclic) bond motifs is 2. The molecule has 0 N–H and O–H groups in total. The number of hydrogen-bond donors (Lipinski definition) is 0. The van der Waals surface area contributed by atoms with E-state index in [1.165, 1.54) is 36.1 Å². The molecule has 2 nitrogen and oxygen atoms in total. The van der Waals surface area contributed by atoms with Crippen LogP contribution >= 0.6 is 0 Å². The Morgan fingerprint density at radius 1 is 1.11 bits per heavy atom. The van der Waals surface area contributed by atoms with Crippen LogP contribution < -0.4 is 0 Å². The topological polar surface area (TPSA) is 17.8 Å². The molecule has 2 aromatic rings. The lowest BCUT2D eigenvalue weighted by atomic mass is 9.75. The SMILES string of the molecule is CCC1=CC2CC3=C(C=CCC3)C2C(CC)=C1n1ccnc1-c1ccccc1. The van der Waals surface area contributed by atoms with Crippen LogP contribution in [-0.4, -0.2) is 9.55 Å². The van der Waals surface area contributed by atoms with E-state index in [-0.39, 0.29) is 0 Å². The summed E-state index contributed by atoms with van der Waals surface area (Å²) in [6.45, 7) is 4.62. The third-order valence-electron chi connectivity index (χ3n) is 6.64. The summed E-state index contributed by atoms with van der Waals surface area (Å²) in [5.74, 6) is 2.24. The summed E-state index contributed by atoms with van der Waals surface area (Å²) in [5.41, 5.74) is 8.96. The highest BCUT2D eigenvalue weighted by Gasteiger charge is 2.39. The van der Waals surface area contributed by atoms with Crippen LogP contribution in [0.5, 0.6) is 0 Å². The van der Waals surface area contributed by atoms with Gasteiger partial charge in [-0.25, -0.2) is 4.98 Å². The van der Waals surface area contributed by atoms with Crippen molar-refractivity contribution in [3.8, 4) is 11.4 Å². The van der Waals surface area contributed by atoms with Crippen molar-refractivity contribution in [3.05, 3.63) is 83.2 Å². The van der Waals surface area contributed by atoms with E-state index in [1.54, 1.807) is 16.7 Å². The van der Waals surface area contributed by atoms with E-state index >= 15 is 0 Å². The van der Waals surface area contributed by atoms with Crippen molar-refractivity contribution in [2.45, 2.75) is 46.0 Å². The van der Waals surface area contributed by atoms with Gasteiger partial charge in [0.1, 0.15) is 5.82 Å². The van der Waals surface area contributed by atoms with Gasteiger partial charge in [0.2, 0.25) is 0 Å². The Hall–Kier alpha value is -2.61. The Bertz CT molecular complexity index is 1010. The molecule has 0 amide bonds. The lowest BCUT2D eigenvalue weighted by molar-refractivity contribution is 0.533. The van der Waals surface area contributed by atoms with Gasteiger partial charge in [-0.15, -0.1) is 0 Å². The molecule has 5 rings (SSSR count). The second-order valence-electron chi connectivity index (χ2n) is 8.11. The maximum absolute atomic E-state index is 4.74. The highest BCUT2D eigenvalue weighted by molar-refractivity contribution is 5.76. The van der Waals surface area contributed by atoms with Crippen molar-refractivity contribution in [3.63, 3.8) is 0 Å². The molecule has 28 heavy (non-hydrogen) atoms. The van der Waals surface area contributed by atoms with E-state index in [4.69, 9.17) is 4.98 Å². The number of nitrogens with zero attached hydrogens (tertiary/aromatic N) is 2. The van der Waals surface area contributed by atoms with Gasteiger partial charge >= 0.3 is 0 Å². The third-order valence-corrected chi connectivity index (χ3v) is 6.64. The number of imidazole rings is 1. The average molecular weight is 369 g/mol. The molecular weight excluding hydrogens is 340 g/mol.